The van der Waals surface area contributed by atoms with Crippen LogP contribution in [0.2, 0.25) is 0 Å². The summed E-state index contributed by atoms with van der Waals surface area (Å²) in [5.41, 5.74) is 0. The van der Waals surface area contributed by atoms with E-state index in [1.165, 1.54) is 24.3 Å². The van der Waals surface area contributed by atoms with Gasteiger partial charge < -0.3 is 5.21 Å². The summed E-state index contributed by atoms with van der Waals surface area (Å²) in [5, 5.41) is 10.8. The van der Waals surface area contributed by atoms with Crippen molar-refractivity contribution < 1.29 is 13.1 Å². The van der Waals surface area contributed by atoms with Crippen LogP contribution in [0.3, 0.4) is 0 Å². The van der Waals surface area contributed by atoms with Gasteiger partial charge in [0.15, 0.2) is 6.20 Å². The highest BCUT2D eigenvalue weighted by Crippen LogP contribution is 2.04. The Hall–Kier alpha value is -1.36. The molecule has 0 N–H and O–H groups in total. The van der Waals surface area contributed by atoms with E-state index < -0.39 is 9.84 Å². The molecule has 0 atom stereocenters. The summed E-state index contributed by atoms with van der Waals surface area (Å²) in [6.45, 7) is 3.31. The van der Waals surface area contributed by atoms with Crippen LogP contribution in [0.5, 0.6) is 0 Å². The standard InChI is InChI=1S/C8H9NO3S/c1-2-7-13(11,12)8-5-3-4-6-9(8)10/h2-6H,1,7H2. The third-order valence-corrected chi connectivity index (χ3v) is 3.07. The zero-order chi connectivity index (χ0) is 9.90. The second-order valence-electron chi connectivity index (χ2n) is 2.43. The Morgan fingerprint density at radius 1 is 1.54 bits per heavy atom. The molecule has 1 aromatic rings. The van der Waals surface area contributed by atoms with Crippen molar-refractivity contribution in [3.63, 3.8) is 0 Å². The second kappa shape index (κ2) is 3.57. The Kier molecular flexibility index (Phi) is 2.67. The van der Waals surface area contributed by atoms with Crippen molar-refractivity contribution in [3.05, 3.63) is 42.3 Å². The van der Waals surface area contributed by atoms with E-state index in [1.54, 1.807) is 0 Å². The first-order valence-corrected chi connectivity index (χ1v) is 5.25. The van der Waals surface area contributed by atoms with Gasteiger partial charge in [0.2, 0.25) is 9.84 Å². The fraction of sp³-hybridized carbons (Fsp3) is 0.125. The first kappa shape index (κ1) is 9.73. The van der Waals surface area contributed by atoms with Gasteiger partial charge in [0.05, 0.1) is 5.75 Å². The number of aromatic nitrogens is 1. The maximum absolute atomic E-state index is 11.4. The predicted octanol–water partition coefficient (Wildman–Crippen LogP) is 0.280. The molecular formula is C8H9NO3S. The molecule has 0 fully saturated rings. The third-order valence-electron chi connectivity index (χ3n) is 1.44. The van der Waals surface area contributed by atoms with Gasteiger partial charge in [-0.3, -0.25) is 0 Å². The molecule has 1 aromatic heterocycles. The molecule has 0 spiro atoms. The Bertz CT molecular complexity index is 411. The van der Waals surface area contributed by atoms with Crippen molar-refractivity contribution in [2.75, 3.05) is 5.75 Å². The molecular weight excluding hydrogens is 190 g/mol. The molecule has 5 heteroatoms. The molecule has 0 aromatic carbocycles. The second-order valence-corrected chi connectivity index (χ2v) is 4.42. The summed E-state index contributed by atoms with van der Waals surface area (Å²) < 4.78 is 23.1. The lowest BCUT2D eigenvalue weighted by Crippen LogP contribution is -2.33. The molecule has 70 valence electrons. The van der Waals surface area contributed by atoms with Gasteiger partial charge >= 0.3 is 5.03 Å². The van der Waals surface area contributed by atoms with Crippen LogP contribution >= 0.6 is 0 Å². The van der Waals surface area contributed by atoms with E-state index in [2.05, 4.69) is 6.58 Å². The van der Waals surface area contributed by atoms with Crippen molar-refractivity contribution in [1.29, 1.82) is 0 Å². The van der Waals surface area contributed by atoms with E-state index in [9.17, 15) is 13.6 Å². The molecule has 1 heterocycles. The fourth-order valence-corrected chi connectivity index (χ4v) is 2.00. The van der Waals surface area contributed by atoms with Crippen LogP contribution in [0, 0.1) is 5.21 Å². The van der Waals surface area contributed by atoms with Gasteiger partial charge in [-0.25, -0.2) is 8.42 Å². The minimum absolute atomic E-state index is 0.223. The predicted molar refractivity (Wildman–Crippen MR) is 47.7 cm³/mol. The van der Waals surface area contributed by atoms with Gasteiger partial charge in [0.1, 0.15) is 0 Å². The van der Waals surface area contributed by atoms with E-state index in [4.69, 9.17) is 0 Å². The first-order valence-electron chi connectivity index (χ1n) is 3.60. The van der Waals surface area contributed by atoms with Crippen molar-refractivity contribution in [1.82, 2.24) is 0 Å². The summed E-state index contributed by atoms with van der Waals surface area (Å²) in [6.07, 6.45) is 2.40. The molecule has 0 aliphatic rings. The quantitative estimate of drug-likeness (QED) is 0.399. The summed E-state index contributed by atoms with van der Waals surface area (Å²) in [7, 11) is -3.51. The maximum atomic E-state index is 11.4. The number of sulfone groups is 1. The molecule has 0 radical (unpaired) electrons. The van der Waals surface area contributed by atoms with Crippen molar-refractivity contribution in [3.8, 4) is 0 Å². The lowest BCUT2D eigenvalue weighted by atomic mass is 10.5. The van der Waals surface area contributed by atoms with E-state index in [1.807, 2.05) is 0 Å². The average molecular weight is 199 g/mol. The number of rotatable bonds is 3. The molecule has 0 bridgehead atoms. The summed E-state index contributed by atoms with van der Waals surface area (Å²) >= 11 is 0. The SMILES string of the molecule is C=CCS(=O)(=O)c1cccc[n+]1[O-]. The van der Waals surface area contributed by atoms with E-state index >= 15 is 0 Å². The molecule has 4 nitrogen and oxygen atoms in total. The van der Waals surface area contributed by atoms with Gasteiger partial charge in [0, 0.05) is 12.1 Å². The highest BCUT2D eigenvalue weighted by atomic mass is 32.2. The van der Waals surface area contributed by atoms with Crippen LogP contribution in [0.15, 0.2) is 42.1 Å². The maximum Gasteiger partial charge on any atom is 0.308 e. The number of hydrogen-bond acceptors (Lipinski definition) is 3. The normalized spacial score (nSPS) is 11.1. The molecule has 0 unspecified atom stereocenters. The summed E-state index contributed by atoms with van der Waals surface area (Å²) in [6, 6.07) is 4.25. The number of pyridine rings is 1. The highest BCUT2D eigenvalue weighted by molar-refractivity contribution is 7.91. The van der Waals surface area contributed by atoms with E-state index in [-0.39, 0.29) is 10.8 Å². The van der Waals surface area contributed by atoms with Gasteiger partial charge in [-0.15, -0.1) is 6.58 Å². The van der Waals surface area contributed by atoms with Crippen molar-refractivity contribution in [2.24, 2.45) is 0 Å². The van der Waals surface area contributed by atoms with Gasteiger partial charge in [-0.05, 0) is 6.07 Å². The van der Waals surface area contributed by atoms with Crippen molar-refractivity contribution >= 4 is 9.84 Å². The van der Waals surface area contributed by atoms with Gasteiger partial charge in [-0.2, -0.15) is 4.73 Å². The molecule has 0 aliphatic carbocycles. The van der Waals surface area contributed by atoms with Gasteiger partial charge in [-0.1, -0.05) is 6.08 Å². The summed E-state index contributed by atoms with van der Waals surface area (Å²) in [5.74, 6) is -0.223. The number of nitrogens with zero attached hydrogens (tertiary/aromatic N) is 1. The van der Waals surface area contributed by atoms with Crippen LogP contribution in [-0.4, -0.2) is 14.2 Å². The average Bonchev–Trinajstić information content (AvgIpc) is 2.04. The highest BCUT2D eigenvalue weighted by Gasteiger charge is 2.20. The molecule has 0 amide bonds. The topological polar surface area (TPSA) is 61.1 Å². The van der Waals surface area contributed by atoms with Gasteiger partial charge in [0.25, 0.3) is 0 Å². The zero-order valence-electron chi connectivity index (χ0n) is 6.88. The first-order chi connectivity index (χ1) is 6.08. The van der Waals surface area contributed by atoms with Crippen LogP contribution < -0.4 is 4.73 Å². The van der Waals surface area contributed by atoms with Crippen LogP contribution in [-0.2, 0) is 9.84 Å². The Morgan fingerprint density at radius 2 is 2.23 bits per heavy atom. The largest absolute Gasteiger partial charge is 0.618 e. The molecule has 0 aliphatic heterocycles. The zero-order valence-corrected chi connectivity index (χ0v) is 7.70. The lowest BCUT2D eigenvalue weighted by Gasteiger charge is -2.02. The van der Waals surface area contributed by atoms with E-state index in [0.717, 1.165) is 6.20 Å². The molecule has 1 rings (SSSR count). The summed E-state index contributed by atoms with van der Waals surface area (Å²) in [4.78, 5) is 0. The van der Waals surface area contributed by atoms with Crippen LogP contribution in [0.25, 0.3) is 0 Å². The van der Waals surface area contributed by atoms with Crippen LogP contribution in [0.1, 0.15) is 0 Å². The Morgan fingerprint density at radius 3 is 2.77 bits per heavy atom. The van der Waals surface area contributed by atoms with Crippen molar-refractivity contribution in [2.45, 2.75) is 5.03 Å². The lowest BCUT2D eigenvalue weighted by molar-refractivity contribution is -0.646. The Labute approximate surface area is 76.6 Å². The molecule has 13 heavy (non-hydrogen) atoms. The van der Waals surface area contributed by atoms with Crippen LogP contribution in [0.4, 0.5) is 0 Å². The Balaban J connectivity index is 3.22. The van der Waals surface area contributed by atoms with E-state index in [0.29, 0.717) is 4.73 Å². The minimum atomic E-state index is -3.51. The fourth-order valence-electron chi connectivity index (χ4n) is 0.894. The number of hydrogen-bond donors (Lipinski definition) is 0. The minimum Gasteiger partial charge on any atom is -0.618 e. The monoisotopic (exact) mass is 199 g/mol. The third kappa shape index (κ3) is 2.06. The molecule has 0 saturated heterocycles. The smallest absolute Gasteiger partial charge is 0.308 e. The molecule has 0 saturated carbocycles.